The molecule has 7 nitrogen and oxygen atoms in total. The second-order valence-electron chi connectivity index (χ2n) is 10.6. The van der Waals surface area contributed by atoms with Crippen LogP contribution in [-0.2, 0) is 26.9 Å². The molecule has 0 radical (unpaired) electrons. The van der Waals surface area contributed by atoms with Crippen LogP contribution >= 0.6 is 0 Å². The molecule has 1 aliphatic heterocycles. The molecule has 0 spiro atoms. The number of aryl methyl sites for hydroxylation is 1. The number of carbonyl (C=O) groups is 1. The lowest BCUT2D eigenvalue weighted by atomic mass is 9.95. The summed E-state index contributed by atoms with van der Waals surface area (Å²) in [5.74, 6) is -0.179. The van der Waals surface area contributed by atoms with Gasteiger partial charge in [-0.1, -0.05) is 67.3 Å². The van der Waals surface area contributed by atoms with Crippen LogP contribution < -0.4 is 0 Å². The fraction of sp³-hybridized carbons (Fsp3) is 0.467. The molecule has 1 amide bonds. The van der Waals surface area contributed by atoms with Crippen LogP contribution in [-0.4, -0.2) is 48.0 Å². The van der Waals surface area contributed by atoms with Gasteiger partial charge in [-0.2, -0.15) is 0 Å². The summed E-state index contributed by atoms with van der Waals surface area (Å²) in [6.45, 7) is 3.43. The molecule has 2 aliphatic rings. The fourth-order valence-electron chi connectivity index (χ4n) is 5.75. The summed E-state index contributed by atoms with van der Waals surface area (Å²) in [4.78, 5) is 19.9. The second-order valence-corrected chi connectivity index (χ2v) is 12.5. The highest BCUT2D eigenvalue weighted by Crippen LogP contribution is 2.33. The molecule has 2 aromatic carbocycles. The molecule has 38 heavy (non-hydrogen) atoms. The maximum Gasteiger partial charge on any atom is 0.254 e. The first-order valence-electron chi connectivity index (χ1n) is 13.7. The number of amides is 1. The number of sulfone groups is 1. The highest BCUT2D eigenvalue weighted by atomic mass is 32.2. The number of aromatic nitrogens is 2. The van der Waals surface area contributed by atoms with Crippen molar-refractivity contribution in [2.45, 2.75) is 81.5 Å². The average Bonchev–Trinajstić information content (AvgIpc) is 3.59. The van der Waals surface area contributed by atoms with Crippen LogP contribution in [0.1, 0.15) is 78.2 Å². The molecule has 0 bridgehead atoms. The predicted molar refractivity (Wildman–Crippen MR) is 147 cm³/mol. The van der Waals surface area contributed by atoms with Crippen LogP contribution in [0.15, 0.2) is 66.0 Å². The standard InChI is InChI=1S/C30H37N3O4S/c1-23-10-8-11-24(18-23)22-38(35,36)30-31-19-27(33(30)26-14-6-3-7-15-26)20-32(21-28-16-9-17-37-28)29(34)25-12-4-2-5-13-25/h2,4-5,8,10-13,18-19,26,28H,3,6-7,9,14-17,20-22H2,1H3. The molecule has 2 fully saturated rings. The van der Waals surface area contributed by atoms with Crippen molar-refractivity contribution in [3.05, 3.63) is 83.2 Å². The van der Waals surface area contributed by atoms with E-state index in [1.807, 2.05) is 66.1 Å². The highest BCUT2D eigenvalue weighted by Gasteiger charge is 2.31. The van der Waals surface area contributed by atoms with E-state index in [2.05, 4.69) is 4.98 Å². The highest BCUT2D eigenvalue weighted by molar-refractivity contribution is 7.90. The van der Waals surface area contributed by atoms with Crippen LogP contribution in [0.2, 0.25) is 0 Å². The van der Waals surface area contributed by atoms with E-state index < -0.39 is 9.84 Å². The first kappa shape index (κ1) is 26.6. The molecule has 5 rings (SSSR count). The van der Waals surface area contributed by atoms with Gasteiger partial charge in [0, 0.05) is 24.8 Å². The minimum atomic E-state index is -3.70. The molecular formula is C30H37N3O4S. The van der Waals surface area contributed by atoms with Crippen LogP contribution in [0.25, 0.3) is 0 Å². The molecule has 3 aromatic rings. The number of nitrogens with zero attached hydrogens (tertiary/aromatic N) is 3. The van der Waals surface area contributed by atoms with Gasteiger partial charge in [-0.05, 0) is 50.3 Å². The predicted octanol–water partition coefficient (Wildman–Crippen LogP) is 5.49. The number of imidazole rings is 1. The van der Waals surface area contributed by atoms with Gasteiger partial charge in [-0.3, -0.25) is 4.79 Å². The third-order valence-corrected chi connectivity index (χ3v) is 9.18. The zero-order valence-electron chi connectivity index (χ0n) is 22.1. The van der Waals surface area contributed by atoms with Crippen LogP contribution in [0.4, 0.5) is 0 Å². The van der Waals surface area contributed by atoms with Crippen LogP contribution in [0, 0.1) is 6.92 Å². The van der Waals surface area contributed by atoms with Crippen molar-refractivity contribution >= 4 is 15.7 Å². The van der Waals surface area contributed by atoms with E-state index in [0.717, 1.165) is 61.8 Å². The Bertz CT molecular complexity index is 1340. The summed E-state index contributed by atoms with van der Waals surface area (Å²) in [5.41, 5.74) is 3.16. The van der Waals surface area contributed by atoms with Crippen molar-refractivity contribution in [2.24, 2.45) is 0 Å². The average molecular weight is 536 g/mol. The van der Waals surface area contributed by atoms with E-state index in [-0.39, 0.29) is 35.5 Å². The van der Waals surface area contributed by atoms with Crippen LogP contribution in [0.5, 0.6) is 0 Å². The molecule has 202 valence electrons. The number of carbonyl (C=O) groups excluding carboxylic acids is 1. The van der Waals surface area contributed by atoms with Gasteiger partial charge in [0.1, 0.15) is 0 Å². The van der Waals surface area contributed by atoms with Gasteiger partial charge in [0.15, 0.2) is 0 Å². The summed E-state index contributed by atoms with van der Waals surface area (Å²) in [6, 6.07) is 16.9. The first-order valence-corrected chi connectivity index (χ1v) is 15.4. The normalized spacial score (nSPS) is 18.5. The van der Waals surface area contributed by atoms with Crippen molar-refractivity contribution < 1.29 is 17.9 Å². The third-order valence-electron chi connectivity index (χ3n) is 7.61. The van der Waals surface area contributed by atoms with Crippen molar-refractivity contribution in [1.82, 2.24) is 14.5 Å². The number of ether oxygens (including phenoxy) is 1. The van der Waals surface area contributed by atoms with Crippen molar-refractivity contribution in [3.8, 4) is 0 Å². The minimum absolute atomic E-state index is 0.0155. The smallest absolute Gasteiger partial charge is 0.254 e. The number of hydrogen-bond acceptors (Lipinski definition) is 5. The second kappa shape index (κ2) is 11.8. The van der Waals surface area contributed by atoms with Crippen molar-refractivity contribution in [2.75, 3.05) is 13.2 Å². The van der Waals surface area contributed by atoms with E-state index in [9.17, 15) is 13.2 Å². The van der Waals surface area contributed by atoms with Gasteiger partial charge < -0.3 is 14.2 Å². The Morgan fingerprint density at radius 1 is 1.03 bits per heavy atom. The zero-order valence-corrected chi connectivity index (χ0v) is 22.9. The molecule has 1 saturated carbocycles. The molecule has 8 heteroatoms. The fourth-order valence-corrected chi connectivity index (χ4v) is 7.28. The zero-order chi connectivity index (χ0) is 26.5. The first-order chi connectivity index (χ1) is 18.4. The minimum Gasteiger partial charge on any atom is -0.376 e. The van der Waals surface area contributed by atoms with E-state index in [1.165, 1.54) is 0 Å². The molecule has 1 atom stereocenters. The molecule has 1 aliphatic carbocycles. The molecule has 1 saturated heterocycles. The summed E-state index contributed by atoms with van der Waals surface area (Å²) in [6.07, 6.45) is 8.64. The lowest BCUT2D eigenvalue weighted by Crippen LogP contribution is -2.38. The van der Waals surface area contributed by atoms with Crippen molar-refractivity contribution in [1.29, 1.82) is 0 Å². The maximum absolute atomic E-state index is 13.7. The summed E-state index contributed by atoms with van der Waals surface area (Å²) >= 11 is 0. The summed E-state index contributed by atoms with van der Waals surface area (Å²) < 4.78 is 35.3. The van der Waals surface area contributed by atoms with E-state index in [4.69, 9.17) is 4.74 Å². The Hall–Kier alpha value is -2.97. The number of rotatable bonds is 9. The van der Waals surface area contributed by atoms with Gasteiger partial charge in [-0.25, -0.2) is 13.4 Å². The Kier molecular flexibility index (Phi) is 8.29. The van der Waals surface area contributed by atoms with Gasteiger partial charge in [0.2, 0.25) is 15.0 Å². The lowest BCUT2D eigenvalue weighted by Gasteiger charge is -2.30. The van der Waals surface area contributed by atoms with Gasteiger partial charge >= 0.3 is 0 Å². The third kappa shape index (κ3) is 6.18. The van der Waals surface area contributed by atoms with E-state index in [0.29, 0.717) is 18.7 Å². The van der Waals surface area contributed by atoms with E-state index >= 15 is 0 Å². The molecule has 1 unspecified atom stereocenters. The monoisotopic (exact) mass is 535 g/mol. The molecule has 1 aromatic heterocycles. The van der Waals surface area contributed by atoms with Gasteiger partial charge in [-0.15, -0.1) is 0 Å². The maximum atomic E-state index is 13.7. The number of benzene rings is 2. The topological polar surface area (TPSA) is 81.5 Å². The number of hydrogen-bond donors (Lipinski definition) is 0. The Labute approximate surface area is 225 Å². The van der Waals surface area contributed by atoms with Gasteiger partial charge in [0.25, 0.3) is 5.91 Å². The molecular weight excluding hydrogens is 498 g/mol. The Morgan fingerprint density at radius 2 is 1.82 bits per heavy atom. The SMILES string of the molecule is Cc1cccc(CS(=O)(=O)c2ncc(CN(CC3CCCO3)C(=O)c3ccccc3)n2C2CCCCC2)c1. The molecule has 0 N–H and O–H groups in total. The lowest BCUT2D eigenvalue weighted by molar-refractivity contribution is 0.0499. The van der Waals surface area contributed by atoms with Gasteiger partial charge in [0.05, 0.1) is 30.3 Å². The summed E-state index contributed by atoms with van der Waals surface area (Å²) in [7, 11) is -3.70. The quantitative estimate of drug-likeness (QED) is 0.362. The van der Waals surface area contributed by atoms with Crippen molar-refractivity contribution in [3.63, 3.8) is 0 Å². The Balaban J connectivity index is 1.49. The Morgan fingerprint density at radius 3 is 2.53 bits per heavy atom. The largest absolute Gasteiger partial charge is 0.376 e. The van der Waals surface area contributed by atoms with E-state index in [1.54, 1.807) is 11.1 Å². The van der Waals surface area contributed by atoms with Crippen LogP contribution in [0.3, 0.4) is 0 Å². The summed E-state index contributed by atoms with van der Waals surface area (Å²) in [5, 5.41) is 0.116. The molecule has 2 heterocycles.